The quantitative estimate of drug-likeness (QED) is 0.365. The Balaban J connectivity index is 1.69. The summed E-state index contributed by atoms with van der Waals surface area (Å²) in [5, 5.41) is 9.46. The molecule has 3 rings (SSSR count). The molecule has 0 bridgehead atoms. The normalized spacial score (nSPS) is 10.8. The summed E-state index contributed by atoms with van der Waals surface area (Å²) in [4.78, 5) is 24.4. The van der Waals surface area contributed by atoms with E-state index < -0.39 is 15.9 Å². The van der Waals surface area contributed by atoms with Crippen molar-refractivity contribution in [3.63, 3.8) is 0 Å². The maximum absolute atomic E-state index is 12.8. The molecule has 0 atom stereocenters. The summed E-state index contributed by atoms with van der Waals surface area (Å²) in [6, 6.07) is 14.4. The molecule has 0 spiro atoms. The first-order valence-electron chi connectivity index (χ1n) is 9.52. The van der Waals surface area contributed by atoms with Crippen LogP contribution >= 0.6 is 11.3 Å². The van der Waals surface area contributed by atoms with Crippen molar-refractivity contribution in [2.24, 2.45) is 0 Å². The van der Waals surface area contributed by atoms with Crippen LogP contribution in [0, 0.1) is 6.92 Å². The number of carbonyl (C=O) groups excluding carboxylic acids is 2. The zero-order valence-corrected chi connectivity index (χ0v) is 18.8. The molecule has 4 N–H and O–H groups in total. The van der Waals surface area contributed by atoms with Crippen LogP contribution in [0.4, 0.5) is 21.9 Å². The highest BCUT2D eigenvalue weighted by molar-refractivity contribution is 7.93. The third-order valence-corrected chi connectivity index (χ3v) is 6.70. The zero-order chi connectivity index (χ0) is 23.1. The van der Waals surface area contributed by atoms with E-state index in [1.807, 2.05) is 6.92 Å². The van der Waals surface area contributed by atoms with Crippen LogP contribution < -0.4 is 20.7 Å². The number of hydrogen-bond acceptors (Lipinski definition) is 5. The van der Waals surface area contributed by atoms with Gasteiger partial charge < -0.3 is 16.0 Å². The minimum absolute atomic E-state index is 0.0654. The van der Waals surface area contributed by atoms with E-state index in [0.717, 1.165) is 16.9 Å². The highest BCUT2D eigenvalue weighted by Gasteiger charge is 2.24. The molecule has 166 valence electrons. The van der Waals surface area contributed by atoms with Gasteiger partial charge in [-0.05, 0) is 54.8 Å². The molecule has 0 saturated heterocycles. The summed E-state index contributed by atoms with van der Waals surface area (Å²) < 4.78 is 28.1. The standard InChI is InChI=1S/C22H22N4O4S2/c1-3-13-23-22(28)25-17-10-8-16(9-11-17)24-21(27)20-19(12-14-31-20)32(29,30)26-18-6-4-15(2)5-7-18/h3-12,14,26H,1,13H2,2H3,(H,24,27)(H2,23,25,28). The van der Waals surface area contributed by atoms with Crippen molar-refractivity contribution in [2.75, 3.05) is 21.9 Å². The molecule has 1 aromatic heterocycles. The Kier molecular flexibility index (Phi) is 7.29. The predicted molar refractivity (Wildman–Crippen MR) is 128 cm³/mol. The lowest BCUT2D eigenvalue weighted by molar-refractivity contribution is 0.102. The zero-order valence-electron chi connectivity index (χ0n) is 17.2. The second-order valence-corrected chi connectivity index (χ2v) is 9.31. The number of urea groups is 1. The van der Waals surface area contributed by atoms with Crippen LogP contribution in [0.15, 0.2) is 77.5 Å². The van der Waals surface area contributed by atoms with Gasteiger partial charge in [0.05, 0.1) is 0 Å². The fourth-order valence-corrected chi connectivity index (χ4v) is 5.05. The molecule has 0 unspecified atom stereocenters. The molecule has 3 amide bonds. The number of amides is 3. The van der Waals surface area contributed by atoms with Crippen LogP contribution in [0.5, 0.6) is 0 Å². The van der Waals surface area contributed by atoms with Crippen LogP contribution in [0.1, 0.15) is 15.2 Å². The molecule has 2 aromatic carbocycles. The maximum atomic E-state index is 12.8. The van der Waals surface area contributed by atoms with Gasteiger partial charge >= 0.3 is 6.03 Å². The lowest BCUT2D eigenvalue weighted by Crippen LogP contribution is -2.28. The Morgan fingerprint density at radius 1 is 0.938 bits per heavy atom. The van der Waals surface area contributed by atoms with Crippen LogP contribution in [0.25, 0.3) is 0 Å². The number of carbonyl (C=O) groups is 2. The number of anilines is 3. The molecule has 0 radical (unpaired) electrons. The van der Waals surface area contributed by atoms with E-state index in [1.165, 1.54) is 6.07 Å². The second-order valence-electron chi connectivity index (χ2n) is 6.74. The van der Waals surface area contributed by atoms with Crippen molar-refractivity contribution in [1.29, 1.82) is 0 Å². The summed E-state index contributed by atoms with van der Waals surface area (Å²) >= 11 is 1.03. The fourth-order valence-electron chi connectivity index (χ4n) is 2.67. The van der Waals surface area contributed by atoms with E-state index in [0.29, 0.717) is 23.6 Å². The number of nitrogens with one attached hydrogen (secondary N) is 4. The van der Waals surface area contributed by atoms with Crippen molar-refractivity contribution in [2.45, 2.75) is 11.8 Å². The Morgan fingerprint density at radius 2 is 1.53 bits per heavy atom. The third-order valence-electron chi connectivity index (χ3n) is 4.24. The van der Waals surface area contributed by atoms with Gasteiger partial charge in [-0.15, -0.1) is 17.9 Å². The molecule has 0 aliphatic rings. The monoisotopic (exact) mass is 470 g/mol. The molecule has 0 saturated carbocycles. The Morgan fingerprint density at radius 3 is 2.16 bits per heavy atom. The van der Waals surface area contributed by atoms with Crippen molar-refractivity contribution in [3.05, 3.63) is 83.1 Å². The van der Waals surface area contributed by atoms with Gasteiger partial charge in [-0.2, -0.15) is 0 Å². The SMILES string of the molecule is C=CCNC(=O)Nc1ccc(NC(=O)c2sccc2S(=O)(=O)Nc2ccc(C)cc2)cc1. The van der Waals surface area contributed by atoms with Gasteiger partial charge in [-0.25, -0.2) is 13.2 Å². The van der Waals surface area contributed by atoms with Gasteiger partial charge in [0.15, 0.2) is 0 Å². The molecule has 8 nitrogen and oxygen atoms in total. The summed E-state index contributed by atoms with van der Waals surface area (Å²) in [6.45, 7) is 5.76. The van der Waals surface area contributed by atoms with Crippen molar-refractivity contribution >= 4 is 50.4 Å². The lowest BCUT2D eigenvalue weighted by atomic mass is 10.2. The summed E-state index contributed by atoms with van der Waals surface area (Å²) in [6.07, 6.45) is 1.56. The van der Waals surface area contributed by atoms with E-state index >= 15 is 0 Å². The van der Waals surface area contributed by atoms with E-state index in [2.05, 4.69) is 27.3 Å². The average molecular weight is 471 g/mol. The van der Waals surface area contributed by atoms with E-state index in [9.17, 15) is 18.0 Å². The van der Waals surface area contributed by atoms with E-state index in [4.69, 9.17) is 0 Å². The number of benzene rings is 2. The van der Waals surface area contributed by atoms with Gasteiger partial charge in [-0.1, -0.05) is 23.8 Å². The molecule has 0 fully saturated rings. The summed E-state index contributed by atoms with van der Waals surface area (Å²) in [5.74, 6) is -0.547. The molecular weight excluding hydrogens is 448 g/mol. The minimum Gasteiger partial charge on any atom is -0.334 e. The minimum atomic E-state index is -3.94. The number of thiophene rings is 1. The van der Waals surface area contributed by atoms with Gasteiger partial charge in [0.2, 0.25) is 0 Å². The maximum Gasteiger partial charge on any atom is 0.319 e. The highest BCUT2D eigenvalue weighted by Crippen LogP contribution is 2.26. The first kappa shape index (κ1) is 23.0. The largest absolute Gasteiger partial charge is 0.334 e. The summed E-state index contributed by atoms with van der Waals surface area (Å²) in [7, 11) is -3.94. The van der Waals surface area contributed by atoms with Crippen molar-refractivity contribution < 1.29 is 18.0 Å². The first-order valence-corrected chi connectivity index (χ1v) is 11.9. The van der Waals surface area contributed by atoms with Crippen LogP contribution in [0.3, 0.4) is 0 Å². The topological polar surface area (TPSA) is 116 Å². The number of rotatable bonds is 8. The van der Waals surface area contributed by atoms with Gasteiger partial charge in [-0.3, -0.25) is 9.52 Å². The molecule has 10 heteroatoms. The Labute approximate surface area is 190 Å². The molecule has 32 heavy (non-hydrogen) atoms. The van der Waals surface area contributed by atoms with E-state index in [1.54, 1.807) is 60.0 Å². The number of hydrogen-bond donors (Lipinski definition) is 4. The van der Waals surface area contributed by atoms with Gasteiger partial charge in [0, 0.05) is 23.6 Å². The smallest absolute Gasteiger partial charge is 0.319 e. The van der Waals surface area contributed by atoms with Crippen LogP contribution in [-0.4, -0.2) is 26.9 Å². The van der Waals surface area contributed by atoms with Gasteiger partial charge in [0.25, 0.3) is 15.9 Å². The lowest BCUT2D eigenvalue weighted by Gasteiger charge is -2.10. The first-order chi connectivity index (χ1) is 15.3. The number of sulfonamides is 1. The predicted octanol–water partition coefficient (Wildman–Crippen LogP) is 4.42. The fraction of sp³-hybridized carbons (Fsp3) is 0.0909. The molecular formula is C22H22N4O4S2. The average Bonchev–Trinajstić information content (AvgIpc) is 3.26. The Hall–Kier alpha value is -3.63. The number of aryl methyl sites for hydroxylation is 1. The molecule has 0 aliphatic heterocycles. The van der Waals surface area contributed by atoms with Crippen LogP contribution in [-0.2, 0) is 10.0 Å². The van der Waals surface area contributed by atoms with Crippen molar-refractivity contribution in [3.8, 4) is 0 Å². The molecule has 3 aromatic rings. The Bertz CT molecular complexity index is 1220. The summed E-state index contributed by atoms with van der Waals surface area (Å²) in [5.41, 5.74) is 2.40. The van der Waals surface area contributed by atoms with E-state index in [-0.39, 0.29) is 15.8 Å². The third kappa shape index (κ3) is 5.96. The van der Waals surface area contributed by atoms with Gasteiger partial charge in [0.1, 0.15) is 9.77 Å². The second kappa shape index (κ2) is 10.1. The van der Waals surface area contributed by atoms with Crippen molar-refractivity contribution in [1.82, 2.24) is 5.32 Å². The molecule has 1 heterocycles. The van der Waals surface area contributed by atoms with Crippen LogP contribution in [0.2, 0.25) is 0 Å². The highest BCUT2D eigenvalue weighted by atomic mass is 32.2. The molecule has 0 aliphatic carbocycles.